The van der Waals surface area contributed by atoms with Gasteiger partial charge in [0.2, 0.25) is 0 Å². The molecule has 35 heavy (non-hydrogen) atoms. The maximum Gasteiger partial charge on any atom is 0.306 e. The van der Waals surface area contributed by atoms with Crippen molar-refractivity contribution < 1.29 is 14.3 Å². The van der Waals surface area contributed by atoms with Crippen molar-refractivity contribution in [3.05, 3.63) is 82.9 Å². The summed E-state index contributed by atoms with van der Waals surface area (Å²) in [4.78, 5) is 16.5. The molecule has 1 heterocycles. The molecule has 0 aliphatic heterocycles. The quantitative estimate of drug-likeness (QED) is 0.353. The molecule has 0 spiro atoms. The van der Waals surface area contributed by atoms with Crippen LogP contribution in [0.2, 0.25) is 0 Å². The van der Waals surface area contributed by atoms with Crippen molar-refractivity contribution in [2.45, 2.75) is 77.2 Å². The van der Waals surface area contributed by atoms with E-state index in [1.807, 2.05) is 49.0 Å². The van der Waals surface area contributed by atoms with E-state index < -0.39 is 0 Å². The second-order valence-electron chi connectivity index (χ2n) is 11.0. The Balaban J connectivity index is 1.49. The summed E-state index contributed by atoms with van der Waals surface area (Å²) in [5, 5.41) is 0. The minimum Gasteiger partial charge on any atom is -0.489 e. The molecule has 0 unspecified atom stereocenters. The second-order valence-corrected chi connectivity index (χ2v) is 11.0. The maximum absolute atomic E-state index is 12.3. The molecule has 1 aliphatic rings. The normalized spacial score (nSPS) is 16.9. The van der Waals surface area contributed by atoms with Crippen LogP contribution in [0.4, 0.5) is 0 Å². The minimum absolute atomic E-state index is 0.123. The van der Waals surface area contributed by atoms with Crippen LogP contribution in [0.5, 0.6) is 5.75 Å². The topological polar surface area (TPSA) is 53.4 Å². The average molecular weight is 475 g/mol. The number of aryl methyl sites for hydroxylation is 1. The Hall–Kier alpha value is -3.08. The first kappa shape index (κ1) is 25.0. The van der Waals surface area contributed by atoms with Gasteiger partial charge in [0.25, 0.3) is 0 Å². The van der Waals surface area contributed by atoms with E-state index in [4.69, 9.17) is 9.47 Å². The molecule has 186 valence electrons. The highest BCUT2D eigenvalue weighted by Gasteiger charge is 2.36. The van der Waals surface area contributed by atoms with Gasteiger partial charge in [-0.1, -0.05) is 58.0 Å². The van der Waals surface area contributed by atoms with E-state index in [1.54, 1.807) is 6.33 Å². The number of imidazole rings is 1. The van der Waals surface area contributed by atoms with Crippen molar-refractivity contribution >= 4 is 5.97 Å². The molecule has 5 heteroatoms. The van der Waals surface area contributed by atoms with Crippen molar-refractivity contribution in [3.8, 4) is 5.75 Å². The first-order valence-electron chi connectivity index (χ1n) is 12.6. The summed E-state index contributed by atoms with van der Waals surface area (Å²) in [6.45, 7) is 12.1. The Morgan fingerprint density at radius 2 is 1.71 bits per heavy atom. The van der Waals surface area contributed by atoms with Gasteiger partial charge in [0.15, 0.2) is 0 Å². The van der Waals surface area contributed by atoms with Gasteiger partial charge in [0, 0.05) is 24.9 Å². The summed E-state index contributed by atoms with van der Waals surface area (Å²) < 4.78 is 13.3. The summed E-state index contributed by atoms with van der Waals surface area (Å²) in [7, 11) is 1.94. The molecule has 0 radical (unpaired) electrons. The number of ether oxygens (including phenoxy) is 2. The summed E-state index contributed by atoms with van der Waals surface area (Å²) >= 11 is 0. The number of hydrogen-bond acceptors (Lipinski definition) is 4. The predicted octanol–water partition coefficient (Wildman–Crippen LogP) is 6.43. The van der Waals surface area contributed by atoms with E-state index in [9.17, 15) is 4.79 Å². The molecule has 1 atom stereocenters. The number of benzene rings is 2. The fourth-order valence-electron chi connectivity index (χ4n) is 5.17. The number of esters is 1. The lowest BCUT2D eigenvalue weighted by Crippen LogP contribution is -2.33. The molecule has 0 N–H and O–H groups in total. The van der Waals surface area contributed by atoms with Crippen molar-refractivity contribution in [2.24, 2.45) is 7.05 Å². The molecule has 5 nitrogen and oxygen atoms in total. The van der Waals surface area contributed by atoms with Crippen molar-refractivity contribution in [1.82, 2.24) is 9.55 Å². The van der Waals surface area contributed by atoms with Crippen LogP contribution >= 0.6 is 0 Å². The van der Waals surface area contributed by atoms with E-state index in [-0.39, 0.29) is 29.1 Å². The summed E-state index contributed by atoms with van der Waals surface area (Å²) in [5.74, 6) is 0.477. The number of carbonyl (C=O) groups is 1. The van der Waals surface area contributed by atoms with Gasteiger partial charge >= 0.3 is 5.97 Å². The average Bonchev–Trinajstić information content (AvgIpc) is 3.25. The van der Waals surface area contributed by atoms with E-state index in [0.717, 1.165) is 17.0 Å². The number of nitrogens with zero attached hydrogens (tertiary/aromatic N) is 2. The van der Waals surface area contributed by atoms with Crippen LogP contribution in [0.3, 0.4) is 0 Å². The molecule has 1 aromatic heterocycles. The second kappa shape index (κ2) is 9.88. The Labute approximate surface area is 209 Å². The maximum atomic E-state index is 12.3. The van der Waals surface area contributed by atoms with Crippen molar-refractivity contribution in [2.75, 3.05) is 6.61 Å². The Morgan fingerprint density at radius 3 is 2.34 bits per heavy atom. The van der Waals surface area contributed by atoms with Gasteiger partial charge in [-0.15, -0.1) is 0 Å². The highest BCUT2D eigenvalue weighted by atomic mass is 16.5. The molecule has 0 saturated heterocycles. The first-order valence-corrected chi connectivity index (χ1v) is 12.6. The van der Waals surface area contributed by atoms with Crippen molar-refractivity contribution in [3.63, 3.8) is 0 Å². The Bertz CT molecular complexity index is 1170. The lowest BCUT2D eigenvalue weighted by Gasteiger charge is -2.42. The summed E-state index contributed by atoms with van der Waals surface area (Å²) in [6, 6.07) is 14.9. The fourth-order valence-corrected chi connectivity index (χ4v) is 5.17. The van der Waals surface area contributed by atoms with Gasteiger partial charge in [-0.3, -0.25) is 4.79 Å². The molecular formula is C30H38N2O3. The molecule has 0 fully saturated rings. The molecule has 3 aromatic rings. The lowest BCUT2D eigenvalue weighted by molar-refractivity contribution is -0.143. The number of carbonyl (C=O) groups excluding carboxylic acids is 1. The van der Waals surface area contributed by atoms with E-state index in [1.165, 1.54) is 29.5 Å². The Kier molecular flexibility index (Phi) is 7.07. The standard InChI is InChI=1S/C30H38N2O3/c1-7-34-28(33)17-24(27-18-31-20-32(27)6)22-9-11-23(12-10-22)35-19-21-8-13-25-26(16-21)30(4,5)15-14-29(25,2)3/h8-13,16,18,20,24H,7,14-15,17,19H2,1-6H3/t24-/m0/s1. The first-order chi connectivity index (χ1) is 16.6. The van der Waals surface area contributed by atoms with Crippen LogP contribution in [0.25, 0.3) is 0 Å². The number of fused-ring (bicyclic) bond motifs is 1. The molecular weight excluding hydrogens is 436 g/mol. The van der Waals surface area contributed by atoms with Crippen LogP contribution < -0.4 is 4.74 Å². The third kappa shape index (κ3) is 5.44. The van der Waals surface area contributed by atoms with Crippen molar-refractivity contribution in [1.29, 1.82) is 0 Å². The SMILES string of the molecule is CCOC(=O)C[C@@H](c1ccc(OCc2ccc3c(c2)C(C)(C)CCC3(C)C)cc1)c1cncn1C. The molecule has 1 aliphatic carbocycles. The zero-order chi connectivity index (χ0) is 25.2. The third-order valence-electron chi connectivity index (χ3n) is 7.49. The monoisotopic (exact) mass is 474 g/mol. The van der Waals surface area contributed by atoms with Gasteiger partial charge in [-0.2, -0.15) is 0 Å². The van der Waals surface area contributed by atoms with Crippen LogP contribution in [-0.2, 0) is 34.0 Å². The molecule has 2 aromatic carbocycles. The van der Waals surface area contributed by atoms with Crippen LogP contribution in [0.1, 0.15) is 87.7 Å². The highest BCUT2D eigenvalue weighted by molar-refractivity contribution is 5.71. The van der Waals surface area contributed by atoms with Crippen LogP contribution in [0, 0.1) is 0 Å². The largest absolute Gasteiger partial charge is 0.489 e. The molecule has 4 rings (SSSR count). The van der Waals surface area contributed by atoms with E-state index in [0.29, 0.717) is 13.2 Å². The molecule has 0 bridgehead atoms. The van der Waals surface area contributed by atoms with Gasteiger partial charge in [0.1, 0.15) is 12.4 Å². The summed E-state index contributed by atoms with van der Waals surface area (Å²) in [5.41, 5.74) is 6.51. The number of rotatable bonds is 8. The third-order valence-corrected chi connectivity index (χ3v) is 7.49. The minimum atomic E-state index is -0.211. The van der Waals surface area contributed by atoms with E-state index >= 15 is 0 Å². The number of hydrogen-bond donors (Lipinski definition) is 0. The molecule has 0 amide bonds. The van der Waals surface area contributed by atoms with Gasteiger partial charge in [-0.05, 0) is 65.0 Å². The predicted molar refractivity (Wildman–Crippen MR) is 139 cm³/mol. The smallest absolute Gasteiger partial charge is 0.306 e. The van der Waals surface area contributed by atoms with Crippen LogP contribution in [-0.4, -0.2) is 22.1 Å². The lowest BCUT2D eigenvalue weighted by atomic mass is 9.63. The Morgan fingerprint density at radius 1 is 1.03 bits per heavy atom. The fraction of sp³-hybridized carbons (Fsp3) is 0.467. The van der Waals surface area contributed by atoms with Gasteiger partial charge < -0.3 is 14.0 Å². The zero-order valence-electron chi connectivity index (χ0n) is 21.9. The highest BCUT2D eigenvalue weighted by Crippen LogP contribution is 2.46. The summed E-state index contributed by atoms with van der Waals surface area (Å²) in [6.07, 6.45) is 6.25. The molecule has 0 saturated carbocycles. The van der Waals surface area contributed by atoms with Gasteiger partial charge in [-0.25, -0.2) is 4.98 Å². The zero-order valence-corrected chi connectivity index (χ0v) is 21.9. The van der Waals surface area contributed by atoms with Gasteiger partial charge in [0.05, 0.1) is 19.4 Å². The van der Waals surface area contributed by atoms with E-state index in [2.05, 4.69) is 50.9 Å². The number of aromatic nitrogens is 2. The van der Waals surface area contributed by atoms with Crippen LogP contribution in [0.15, 0.2) is 55.0 Å².